The van der Waals surface area contributed by atoms with Crippen molar-refractivity contribution in [1.82, 2.24) is 10.2 Å². The Hall–Kier alpha value is -2.70. The molecule has 0 radical (unpaired) electrons. The number of aliphatic carboxylic acids is 1. The Morgan fingerprint density at radius 3 is 2.09 bits per heavy atom. The largest absolute Gasteiger partial charge is 0.480 e. The van der Waals surface area contributed by atoms with Crippen LogP contribution >= 0.6 is 0 Å². The third kappa shape index (κ3) is 3.56. The number of fused-ring (bicyclic) bond motifs is 1. The van der Waals surface area contributed by atoms with Gasteiger partial charge < -0.3 is 10.4 Å². The van der Waals surface area contributed by atoms with Crippen LogP contribution in [0.15, 0.2) is 24.3 Å². The van der Waals surface area contributed by atoms with Crippen molar-refractivity contribution in [1.29, 1.82) is 0 Å². The summed E-state index contributed by atoms with van der Waals surface area (Å²) in [6.07, 6.45) is 0.267. The number of carbonyl (C=O) groups is 4. The van der Waals surface area contributed by atoms with Gasteiger partial charge in [-0.2, -0.15) is 0 Å². The Morgan fingerprint density at radius 1 is 1.13 bits per heavy atom. The molecule has 0 unspecified atom stereocenters. The van der Waals surface area contributed by atoms with E-state index in [2.05, 4.69) is 5.32 Å². The molecular formula is C16H18N2O5. The summed E-state index contributed by atoms with van der Waals surface area (Å²) in [5.74, 6) is -2.83. The van der Waals surface area contributed by atoms with Gasteiger partial charge in [0.05, 0.1) is 11.1 Å². The van der Waals surface area contributed by atoms with Gasteiger partial charge in [-0.25, -0.2) is 4.79 Å². The normalized spacial score (nSPS) is 14.8. The molecule has 3 amide bonds. The SMILES string of the molecule is CC(C)C[C@H](NC(=O)CN1C(=O)c2ccccc2C1=O)C(=O)O. The van der Waals surface area contributed by atoms with Crippen LogP contribution in [0, 0.1) is 5.92 Å². The van der Waals surface area contributed by atoms with Gasteiger partial charge in [-0.15, -0.1) is 0 Å². The third-order valence-electron chi connectivity index (χ3n) is 3.52. The summed E-state index contributed by atoms with van der Waals surface area (Å²) in [7, 11) is 0. The molecule has 0 saturated heterocycles. The number of carboxylic acids is 1. The average Bonchev–Trinajstić information content (AvgIpc) is 2.72. The first-order chi connectivity index (χ1) is 10.8. The number of hydrogen-bond donors (Lipinski definition) is 2. The fourth-order valence-electron chi connectivity index (χ4n) is 2.46. The highest BCUT2D eigenvalue weighted by Crippen LogP contribution is 2.21. The van der Waals surface area contributed by atoms with Crippen LogP contribution in [0.1, 0.15) is 41.0 Å². The molecule has 122 valence electrons. The lowest BCUT2D eigenvalue weighted by Gasteiger charge is -2.19. The number of hydrogen-bond acceptors (Lipinski definition) is 4. The third-order valence-corrected chi connectivity index (χ3v) is 3.52. The van der Waals surface area contributed by atoms with Crippen molar-refractivity contribution >= 4 is 23.7 Å². The molecule has 0 bridgehead atoms. The van der Waals surface area contributed by atoms with Crippen LogP contribution in [0.5, 0.6) is 0 Å². The zero-order chi connectivity index (χ0) is 17.1. The minimum absolute atomic E-state index is 0.0794. The molecule has 23 heavy (non-hydrogen) atoms. The Kier molecular flexibility index (Phi) is 4.78. The smallest absolute Gasteiger partial charge is 0.326 e. The lowest BCUT2D eigenvalue weighted by atomic mass is 10.0. The number of nitrogens with zero attached hydrogens (tertiary/aromatic N) is 1. The van der Waals surface area contributed by atoms with Crippen LogP contribution in [0.2, 0.25) is 0 Å². The summed E-state index contributed by atoms with van der Waals surface area (Å²) in [4.78, 5) is 48.3. The van der Waals surface area contributed by atoms with E-state index in [1.54, 1.807) is 12.1 Å². The van der Waals surface area contributed by atoms with Crippen LogP contribution in [0.4, 0.5) is 0 Å². The van der Waals surface area contributed by atoms with E-state index >= 15 is 0 Å². The maximum Gasteiger partial charge on any atom is 0.326 e. The summed E-state index contributed by atoms with van der Waals surface area (Å²) in [5.41, 5.74) is 0.504. The first-order valence-corrected chi connectivity index (χ1v) is 7.28. The molecule has 7 nitrogen and oxygen atoms in total. The lowest BCUT2D eigenvalue weighted by molar-refractivity contribution is -0.142. The second kappa shape index (κ2) is 6.60. The van der Waals surface area contributed by atoms with Crippen molar-refractivity contribution in [2.24, 2.45) is 5.92 Å². The molecule has 7 heteroatoms. The molecule has 0 aromatic heterocycles. The van der Waals surface area contributed by atoms with E-state index in [-0.39, 0.29) is 23.5 Å². The molecule has 0 saturated carbocycles. The molecule has 1 heterocycles. The van der Waals surface area contributed by atoms with E-state index in [4.69, 9.17) is 5.11 Å². The zero-order valence-corrected chi connectivity index (χ0v) is 12.9. The standard InChI is InChI=1S/C16H18N2O5/c1-9(2)7-12(16(22)23)17-13(19)8-18-14(20)10-5-3-4-6-11(10)15(18)21/h3-6,9,12H,7-8H2,1-2H3,(H,17,19)(H,22,23)/t12-/m0/s1. The number of amides is 3. The predicted octanol–water partition coefficient (Wildman–Crippen LogP) is 0.898. The molecule has 1 aliphatic heterocycles. The van der Waals surface area contributed by atoms with Crippen LogP contribution in [0.3, 0.4) is 0 Å². The van der Waals surface area contributed by atoms with E-state index in [0.717, 1.165) is 4.90 Å². The first-order valence-electron chi connectivity index (χ1n) is 7.28. The number of rotatable bonds is 6. The molecule has 1 atom stereocenters. The predicted molar refractivity (Wildman–Crippen MR) is 80.8 cm³/mol. The number of carbonyl (C=O) groups excluding carboxylic acids is 3. The molecular weight excluding hydrogens is 300 g/mol. The second-order valence-electron chi connectivity index (χ2n) is 5.83. The Labute approximate surface area is 133 Å². The van der Waals surface area contributed by atoms with E-state index in [0.29, 0.717) is 0 Å². The highest BCUT2D eigenvalue weighted by atomic mass is 16.4. The van der Waals surface area contributed by atoms with E-state index in [9.17, 15) is 19.2 Å². The van der Waals surface area contributed by atoms with Gasteiger partial charge in [-0.1, -0.05) is 26.0 Å². The first kappa shape index (κ1) is 16.7. The summed E-state index contributed by atoms with van der Waals surface area (Å²) >= 11 is 0. The highest BCUT2D eigenvalue weighted by molar-refractivity contribution is 6.22. The fourth-order valence-corrected chi connectivity index (χ4v) is 2.46. The monoisotopic (exact) mass is 318 g/mol. The van der Waals surface area contributed by atoms with Crippen molar-refractivity contribution in [3.05, 3.63) is 35.4 Å². The number of nitrogens with one attached hydrogen (secondary N) is 1. The Morgan fingerprint density at radius 2 is 1.65 bits per heavy atom. The van der Waals surface area contributed by atoms with Gasteiger partial charge in [0.15, 0.2) is 0 Å². The van der Waals surface area contributed by atoms with Gasteiger partial charge >= 0.3 is 5.97 Å². The van der Waals surface area contributed by atoms with E-state index in [1.165, 1.54) is 12.1 Å². The highest BCUT2D eigenvalue weighted by Gasteiger charge is 2.36. The van der Waals surface area contributed by atoms with Gasteiger partial charge in [0.2, 0.25) is 5.91 Å². The Balaban J connectivity index is 2.05. The molecule has 2 rings (SSSR count). The van der Waals surface area contributed by atoms with Gasteiger partial charge in [0.25, 0.3) is 11.8 Å². The van der Waals surface area contributed by atoms with Crippen molar-refractivity contribution in [2.75, 3.05) is 6.54 Å². The molecule has 1 aromatic rings. The Bertz CT molecular complexity index is 633. The van der Waals surface area contributed by atoms with Crippen molar-refractivity contribution in [3.63, 3.8) is 0 Å². The van der Waals surface area contributed by atoms with Gasteiger partial charge in [0.1, 0.15) is 12.6 Å². The van der Waals surface area contributed by atoms with E-state index in [1.807, 2.05) is 13.8 Å². The topological polar surface area (TPSA) is 104 Å². The number of imide groups is 1. The molecule has 1 aliphatic rings. The van der Waals surface area contributed by atoms with Crippen molar-refractivity contribution < 1.29 is 24.3 Å². The van der Waals surface area contributed by atoms with Crippen LogP contribution < -0.4 is 5.32 Å². The van der Waals surface area contributed by atoms with Gasteiger partial charge in [0, 0.05) is 0 Å². The fraction of sp³-hybridized carbons (Fsp3) is 0.375. The van der Waals surface area contributed by atoms with Gasteiger partial charge in [-0.05, 0) is 24.5 Å². The summed E-state index contributed by atoms with van der Waals surface area (Å²) in [6.45, 7) is 3.19. The average molecular weight is 318 g/mol. The van der Waals surface area contributed by atoms with Gasteiger partial charge in [-0.3, -0.25) is 19.3 Å². The number of carboxylic acid groups (broad SMARTS) is 1. The summed E-state index contributed by atoms with van der Waals surface area (Å²) < 4.78 is 0. The van der Waals surface area contributed by atoms with Crippen LogP contribution in [-0.2, 0) is 9.59 Å². The molecule has 0 spiro atoms. The lowest BCUT2D eigenvalue weighted by Crippen LogP contribution is -2.47. The minimum atomic E-state index is -1.14. The summed E-state index contributed by atoms with van der Waals surface area (Å²) in [5, 5.41) is 11.5. The van der Waals surface area contributed by atoms with Crippen molar-refractivity contribution in [3.8, 4) is 0 Å². The molecule has 2 N–H and O–H groups in total. The maximum absolute atomic E-state index is 12.1. The van der Waals surface area contributed by atoms with Crippen molar-refractivity contribution in [2.45, 2.75) is 26.3 Å². The quantitative estimate of drug-likeness (QED) is 0.758. The zero-order valence-electron chi connectivity index (χ0n) is 12.9. The molecule has 0 fully saturated rings. The second-order valence-corrected chi connectivity index (χ2v) is 5.83. The molecule has 1 aromatic carbocycles. The maximum atomic E-state index is 12.1. The number of benzene rings is 1. The van der Waals surface area contributed by atoms with E-state index < -0.39 is 36.3 Å². The van der Waals surface area contributed by atoms with Crippen LogP contribution in [0.25, 0.3) is 0 Å². The summed E-state index contributed by atoms with van der Waals surface area (Å²) in [6, 6.07) is 5.27. The molecule has 0 aliphatic carbocycles. The minimum Gasteiger partial charge on any atom is -0.480 e. The van der Waals surface area contributed by atoms with Crippen LogP contribution in [-0.4, -0.2) is 46.3 Å².